The molecule has 4 aromatic rings. The van der Waals surface area contributed by atoms with Crippen molar-refractivity contribution in [3.63, 3.8) is 0 Å². The van der Waals surface area contributed by atoms with Crippen LogP contribution in [0.2, 0.25) is 0 Å². The third kappa shape index (κ3) is 7.63. The number of ether oxygens (including phenoxy) is 3. The SMILES string of the molecule is COC(=O)c1ccccc1C#Cc1ccccc1NC(=O)[C@H](COC(C)(C)C)NC(=O)OCC1c2ccccc2-c2ccccc21. The van der Waals surface area contributed by atoms with Gasteiger partial charge in [-0.2, -0.15) is 0 Å². The van der Waals surface area contributed by atoms with Crippen molar-refractivity contribution in [1.82, 2.24) is 5.32 Å². The topological polar surface area (TPSA) is 103 Å². The van der Waals surface area contributed by atoms with E-state index >= 15 is 0 Å². The van der Waals surface area contributed by atoms with Crippen LogP contribution in [-0.4, -0.2) is 49.9 Å². The second kappa shape index (κ2) is 14.1. The van der Waals surface area contributed by atoms with E-state index in [1.54, 1.807) is 48.5 Å². The highest BCUT2D eigenvalue weighted by molar-refractivity contribution is 5.98. The van der Waals surface area contributed by atoms with Crippen LogP contribution in [-0.2, 0) is 19.0 Å². The lowest BCUT2D eigenvalue weighted by Gasteiger charge is -2.25. The molecule has 0 radical (unpaired) electrons. The molecule has 0 unspecified atom stereocenters. The summed E-state index contributed by atoms with van der Waals surface area (Å²) in [6.07, 6.45) is -0.730. The van der Waals surface area contributed by atoms with Gasteiger partial charge < -0.3 is 24.8 Å². The van der Waals surface area contributed by atoms with Crippen LogP contribution in [0.25, 0.3) is 11.1 Å². The fourth-order valence-corrected chi connectivity index (χ4v) is 5.23. The first-order chi connectivity index (χ1) is 22.1. The lowest BCUT2D eigenvalue weighted by molar-refractivity contribution is -0.121. The summed E-state index contributed by atoms with van der Waals surface area (Å²) in [4.78, 5) is 38.9. The van der Waals surface area contributed by atoms with E-state index in [0.29, 0.717) is 22.4 Å². The molecule has 5 rings (SSSR count). The van der Waals surface area contributed by atoms with Crippen molar-refractivity contribution in [2.24, 2.45) is 0 Å². The number of methoxy groups -OCH3 is 1. The molecule has 1 aliphatic carbocycles. The van der Waals surface area contributed by atoms with Crippen LogP contribution in [0, 0.1) is 11.8 Å². The summed E-state index contributed by atoms with van der Waals surface area (Å²) >= 11 is 0. The number of hydrogen-bond donors (Lipinski definition) is 2. The molecule has 0 saturated carbocycles. The molecule has 0 aliphatic heterocycles. The van der Waals surface area contributed by atoms with Gasteiger partial charge in [-0.25, -0.2) is 9.59 Å². The van der Waals surface area contributed by atoms with Gasteiger partial charge in [0, 0.05) is 17.0 Å². The average molecular weight is 617 g/mol. The normalized spacial score (nSPS) is 12.5. The molecule has 1 atom stereocenters. The first-order valence-corrected chi connectivity index (χ1v) is 15.0. The van der Waals surface area contributed by atoms with Gasteiger partial charge in [0.25, 0.3) is 0 Å². The summed E-state index contributed by atoms with van der Waals surface area (Å²) in [5.74, 6) is 4.94. The van der Waals surface area contributed by atoms with Crippen LogP contribution in [0.1, 0.15) is 59.3 Å². The second-order valence-electron chi connectivity index (χ2n) is 11.8. The second-order valence-corrected chi connectivity index (χ2v) is 11.8. The van der Waals surface area contributed by atoms with Gasteiger partial charge in [-0.15, -0.1) is 0 Å². The Kier molecular flexibility index (Phi) is 9.85. The number of carbonyl (C=O) groups is 3. The van der Waals surface area contributed by atoms with E-state index in [9.17, 15) is 14.4 Å². The Balaban J connectivity index is 1.31. The number of carbonyl (C=O) groups excluding carboxylic acids is 3. The molecule has 0 aromatic heterocycles. The molecule has 0 bridgehead atoms. The molecule has 2 N–H and O–H groups in total. The Hall–Kier alpha value is -5.39. The highest BCUT2D eigenvalue weighted by Crippen LogP contribution is 2.44. The minimum absolute atomic E-state index is 0.0835. The fourth-order valence-electron chi connectivity index (χ4n) is 5.23. The number of rotatable bonds is 8. The predicted octanol–water partition coefficient (Wildman–Crippen LogP) is 6.53. The van der Waals surface area contributed by atoms with Crippen LogP contribution >= 0.6 is 0 Å². The van der Waals surface area contributed by atoms with E-state index in [0.717, 1.165) is 22.3 Å². The van der Waals surface area contributed by atoms with Gasteiger partial charge in [0.05, 0.1) is 30.6 Å². The van der Waals surface area contributed by atoms with E-state index in [2.05, 4.69) is 34.6 Å². The molecule has 4 aromatic carbocycles. The van der Waals surface area contributed by atoms with Gasteiger partial charge in [-0.05, 0) is 67.3 Å². The number of alkyl carbamates (subject to hydrolysis) is 1. The summed E-state index contributed by atoms with van der Waals surface area (Å²) in [7, 11) is 1.31. The average Bonchev–Trinajstić information content (AvgIpc) is 3.38. The van der Waals surface area contributed by atoms with E-state index in [1.165, 1.54) is 7.11 Å². The highest BCUT2D eigenvalue weighted by Gasteiger charge is 2.30. The van der Waals surface area contributed by atoms with Gasteiger partial charge in [-0.1, -0.05) is 84.6 Å². The molecule has 0 saturated heterocycles. The minimum atomic E-state index is -1.06. The number of anilines is 1. The largest absolute Gasteiger partial charge is 0.465 e. The molecule has 0 fully saturated rings. The Morgan fingerprint density at radius 3 is 2.00 bits per heavy atom. The summed E-state index contributed by atoms with van der Waals surface area (Å²) < 4.78 is 16.5. The maximum atomic E-state index is 13.6. The number of para-hydroxylation sites is 1. The third-order valence-corrected chi connectivity index (χ3v) is 7.48. The van der Waals surface area contributed by atoms with Crippen LogP contribution in [0.3, 0.4) is 0 Å². The first kappa shape index (κ1) is 32.0. The van der Waals surface area contributed by atoms with E-state index in [-0.39, 0.29) is 19.1 Å². The molecule has 234 valence electrons. The summed E-state index contributed by atoms with van der Waals surface area (Å²) in [6, 6.07) is 29.0. The zero-order chi connectivity index (χ0) is 32.7. The number of hydrogen-bond acceptors (Lipinski definition) is 6. The fraction of sp³-hybridized carbons (Fsp3) is 0.237. The number of nitrogens with one attached hydrogen (secondary N) is 2. The van der Waals surface area contributed by atoms with Gasteiger partial charge in [0.2, 0.25) is 5.91 Å². The Labute approximate surface area is 269 Å². The van der Waals surface area contributed by atoms with E-state index in [1.807, 2.05) is 57.2 Å². The molecule has 1 aliphatic rings. The molecule has 8 heteroatoms. The quantitative estimate of drug-likeness (QED) is 0.172. The number of esters is 1. The van der Waals surface area contributed by atoms with Crippen molar-refractivity contribution in [1.29, 1.82) is 0 Å². The molecule has 0 spiro atoms. The maximum Gasteiger partial charge on any atom is 0.407 e. The van der Waals surface area contributed by atoms with Crippen LogP contribution in [0.5, 0.6) is 0 Å². The van der Waals surface area contributed by atoms with Crippen LogP contribution in [0.4, 0.5) is 10.5 Å². The molecule has 0 heterocycles. The lowest BCUT2D eigenvalue weighted by Crippen LogP contribution is -2.48. The predicted molar refractivity (Wildman–Crippen MR) is 177 cm³/mol. The van der Waals surface area contributed by atoms with Crippen molar-refractivity contribution in [3.05, 3.63) is 125 Å². The minimum Gasteiger partial charge on any atom is -0.465 e. The number of benzene rings is 4. The zero-order valence-electron chi connectivity index (χ0n) is 26.3. The Morgan fingerprint density at radius 1 is 0.783 bits per heavy atom. The van der Waals surface area contributed by atoms with Gasteiger partial charge >= 0.3 is 12.1 Å². The van der Waals surface area contributed by atoms with Crippen molar-refractivity contribution in [2.45, 2.75) is 38.3 Å². The zero-order valence-corrected chi connectivity index (χ0v) is 26.3. The van der Waals surface area contributed by atoms with Crippen molar-refractivity contribution < 1.29 is 28.6 Å². The summed E-state index contributed by atoms with van der Waals surface area (Å²) in [5, 5.41) is 5.58. The number of fused-ring (bicyclic) bond motifs is 3. The molecule has 8 nitrogen and oxygen atoms in total. The first-order valence-electron chi connectivity index (χ1n) is 15.0. The van der Waals surface area contributed by atoms with E-state index < -0.39 is 29.6 Å². The Morgan fingerprint density at radius 2 is 1.35 bits per heavy atom. The number of amides is 2. The maximum absolute atomic E-state index is 13.6. The molecule has 2 amide bonds. The van der Waals surface area contributed by atoms with E-state index in [4.69, 9.17) is 14.2 Å². The van der Waals surface area contributed by atoms with Gasteiger partial charge in [0.15, 0.2) is 0 Å². The summed E-state index contributed by atoms with van der Waals surface area (Å²) in [6.45, 7) is 5.63. The van der Waals surface area contributed by atoms with Crippen molar-refractivity contribution in [3.8, 4) is 23.0 Å². The van der Waals surface area contributed by atoms with Crippen LogP contribution < -0.4 is 10.6 Å². The van der Waals surface area contributed by atoms with Crippen molar-refractivity contribution in [2.75, 3.05) is 25.6 Å². The van der Waals surface area contributed by atoms with Gasteiger partial charge in [0.1, 0.15) is 12.6 Å². The monoisotopic (exact) mass is 616 g/mol. The lowest BCUT2D eigenvalue weighted by atomic mass is 9.98. The standard InChI is InChI=1S/C38H36N2O6/c1-38(2,3)46-24-34(40-37(43)45-23-32-30-18-10-8-16-28(30)29-17-9-11-19-31(29)32)35(41)39-33-20-12-6-14-26(33)22-21-25-13-5-7-15-27(25)36(42)44-4/h5-20,32,34H,23-24H2,1-4H3,(H,39,41)(H,40,43)/t34-/m0/s1. The van der Waals surface area contributed by atoms with Crippen molar-refractivity contribution >= 4 is 23.7 Å². The third-order valence-electron chi connectivity index (χ3n) is 7.48. The molecular weight excluding hydrogens is 580 g/mol. The molecular formula is C38H36N2O6. The Bertz CT molecular complexity index is 1770. The summed E-state index contributed by atoms with van der Waals surface area (Å²) in [5.41, 5.74) is 5.66. The van der Waals surface area contributed by atoms with Gasteiger partial charge in [-0.3, -0.25) is 4.79 Å². The molecule has 46 heavy (non-hydrogen) atoms. The smallest absolute Gasteiger partial charge is 0.407 e. The van der Waals surface area contributed by atoms with Crippen LogP contribution in [0.15, 0.2) is 97.1 Å². The highest BCUT2D eigenvalue weighted by atomic mass is 16.6.